The zero-order valence-electron chi connectivity index (χ0n) is 10.9. The molecule has 2 heterocycles. The molecule has 0 saturated heterocycles. The van der Waals surface area contributed by atoms with E-state index in [-0.39, 0.29) is 5.56 Å². The van der Waals surface area contributed by atoms with Gasteiger partial charge in [-0.25, -0.2) is 4.98 Å². The van der Waals surface area contributed by atoms with E-state index in [1.54, 1.807) is 10.9 Å². The Hall–Kier alpha value is -0.890. The van der Waals surface area contributed by atoms with Gasteiger partial charge in [0, 0.05) is 6.54 Å². The van der Waals surface area contributed by atoms with Crippen molar-refractivity contribution >= 4 is 34.2 Å². The van der Waals surface area contributed by atoms with Gasteiger partial charge in [0.25, 0.3) is 5.56 Å². The summed E-state index contributed by atoms with van der Waals surface area (Å²) in [5, 5.41) is 4.96. The van der Waals surface area contributed by atoms with Crippen molar-refractivity contribution in [1.82, 2.24) is 19.3 Å². The minimum absolute atomic E-state index is 0.0503. The number of aromatic nitrogens is 4. The van der Waals surface area contributed by atoms with E-state index in [2.05, 4.69) is 10.1 Å². The molecule has 0 amide bonds. The summed E-state index contributed by atoms with van der Waals surface area (Å²) < 4.78 is 4.01. The molecule has 0 aliphatic rings. The average Bonchev–Trinajstić information content (AvgIpc) is 2.66. The number of rotatable bonds is 3. The van der Waals surface area contributed by atoms with Gasteiger partial charge in [-0.1, -0.05) is 11.6 Å². The Balaban J connectivity index is 2.48. The summed E-state index contributed by atoms with van der Waals surface area (Å²) >= 11 is 8.26. The molecule has 102 valence electrons. The number of hydrogen-bond donors (Lipinski definition) is 0. The third-order valence-electron chi connectivity index (χ3n) is 2.93. The molecule has 0 spiro atoms. The molecule has 0 saturated carbocycles. The van der Waals surface area contributed by atoms with Gasteiger partial charge in [0.15, 0.2) is 0 Å². The van der Waals surface area contributed by atoms with Crippen LogP contribution in [-0.2, 0) is 13.1 Å². The second-order valence-corrected chi connectivity index (χ2v) is 5.70. The second kappa shape index (κ2) is 5.62. The van der Waals surface area contributed by atoms with Gasteiger partial charge < -0.3 is 0 Å². The molecule has 0 atom stereocenters. The summed E-state index contributed by atoms with van der Waals surface area (Å²) in [5.74, 6) is 0. The fourth-order valence-corrected chi connectivity index (χ4v) is 2.48. The number of nitrogens with zero attached hydrogens (tertiary/aromatic N) is 4. The van der Waals surface area contributed by atoms with Crippen LogP contribution in [0.1, 0.15) is 24.0 Å². The van der Waals surface area contributed by atoms with Gasteiger partial charge in [-0.05, 0) is 43.4 Å². The van der Waals surface area contributed by atoms with Gasteiger partial charge in [-0.3, -0.25) is 14.0 Å². The Labute approximate surface area is 129 Å². The van der Waals surface area contributed by atoms with Gasteiger partial charge in [-0.2, -0.15) is 5.10 Å². The van der Waals surface area contributed by atoms with E-state index in [9.17, 15) is 4.79 Å². The molecule has 19 heavy (non-hydrogen) atoms. The van der Waals surface area contributed by atoms with Crippen molar-refractivity contribution in [3.8, 4) is 0 Å². The minimum atomic E-state index is -0.0503. The Bertz CT molecular complexity index is 677. The van der Waals surface area contributed by atoms with Crippen molar-refractivity contribution in [2.45, 2.75) is 33.9 Å². The predicted molar refractivity (Wildman–Crippen MR) is 82.7 cm³/mol. The van der Waals surface area contributed by atoms with E-state index < -0.39 is 0 Å². The van der Waals surface area contributed by atoms with Crippen molar-refractivity contribution in [2.75, 3.05) is 0 Å². The van der Waals surface area contributed by atoms with E-state index in [0.717, 1.165) is 17.1 Å². The van der Waals surface area contributed by atoms with Gasteiger partial charge in [-0.15, -0.1) is 0 Å². The number of halogens is 2. The predicted octanol–water partition coefficient (Wildman–Crippen LogP) is 2.38. The van der Waals surface area contributed by atoms with E-state index in [1.807, 2.05) is 48.0 Å². The molecule has 0 aliphatic carbocycles. The number of hydrogen-bond acceptors (Lipinski definition) is 3. The lowest BCUT2D eigenvalue weighted by atomic mass is 10.3. The molecule has 0 N–H and O–H groups in total. The molecule has 2 rings (SSSR count). The van der Waals surface area contributed by atoms with Crippen molar-refractivity contribution in [2.24, 2.45) is 0 Å². The summed E-state index contributed by atoms with van der Waals surface area (Å²) in [6, 6.07) is 0. The highest BCUT2D eigenvalue weighted by molar-refractivity contribution is 14.1. The summed E-state index contributed by atoms with van der Waals surface area (Å²) in [6.45, 7) is 6.77. The van der Waals surface area contributed by atoms with Crippen LogP contribution in [0.4, 0.5) is 0 Å². The summed E-state index contributed by atoms with van der Waals surface area (Å²) in [5.41, 5.74) is 2.31. The van der Waals surface area contributed by atoms with E-state index in [0.29, 0.717) is 21.7 Å². The lowest BCUT2D eigenvalue weighted by Gasteiger charge is -2.09. The Kier molecular flexibility index (Phi) is 4.29. The van der Waals surface area contributed by atoms with E-state index >= 15 is 0 Å². The molecule has 0 radical (unpaired) electrons. The quantitative estimate of drug-likeness (QED) is 0.754. The first kappa shape index (κ1) is 14.5. The summed E-state index contributed by atoms with van der Waals surface area (Å²) in [4.78, 5) is 16.4. The Morgan fingerprint density at radius 1 is 1.37 bits per heavy atom. The third-order valence-corrected chi connectivity index (χ3v) is 4.66. The van der Waals surface area contributed by atoms with Crippen molar-refractivity contribution in [3.63, 3.8) is 0 Å². The van der Waals surface area contributed by atoms with Crippen LogP contribution in [0.15, 0.2) is 11.1 Å². The monoisotopic (exact) mass is 392 g/mol. The zero-order chi connectivity index (χ0) is 14.2. The van der Waals surface area contributed by atoms with Crippen LogP contribution in [0.5, 0.6) is 0 Å². The van der Waals surface area contributed by atoms with Crippen molar-refractivity contribution < 1.29 is 0 Å². The second-order valence-electron chi connectivity index (χ2n) is 4.24. The van der Waals surface area contributed by atoms with Gasteiger partial charge in [0.05, 0.1) is 38.5 Å². The average molecular weight is 393 g/mol. The van der Waals surface area contributed by atoms with Gasteiger partial charge in [0.1, 0.15) is 0 Å². The first-order chi connectivity index (χ1) is 8.95. The van der Waals surface area contributed by atoms with Crippen LogP contribution >= 0.6 is 34.2 Å². The third kappa shape index (κ3) is 2.69. The summed E-state index contributed by atoms with van der Waals surface area (Å²) in [6.07, 6.45) is 1.55. The maximum atomic E-state index is 12.2. The SMILES string of the molecule is CCn1nc(C)c(Cl)c1Cn1cnc(C)c(I)c1=O. The Morgan fingerprint density at radius 3 is 2.68 bits per heavy atom. The molecule has 0 fully saturated rings. The summed E-state index contributed by atoms with van der Waals surface area (Å²) in [7, 11) is 0. The molecular formula is C12H14ClIN4O. The molecule has 0 aromatic carbocycles. The highest BCUT2D eigenvalue weighted by Crippen LogP contribution is 2.20. The van der Waals surface area contributed by atoms with Crippen LogP contribution in [0.3, 0.4) is 0 Å². The number of aryl methyl sites for hydroxylation is 3. The van der Waals surface area contributed by atoms with Gasteiger partial charge in [0.2, 0.25) is 0 Å². The fraction of sp³-hybridized carbons (Fsp3) is 0.417. The van der Waals surface area contributed by atoms with Crippen LogP contribution in [0.25, 0.3) is 0 Å². The normalized spacial score (nSPS) is 11.0. The van der Waals surface area contributed by atoms with Crippen LogP contribution < -0.4 is 5.56 Å². The highest BCUT2D eigenvalue weighted by atomic mass is 127. The maximum absolute atomic E-state index is 12.2. The minimum Gasteiger partial charge on any atom is -0.292 e. The smallest absolute Gasteiger partial charge is 0.267 e. The molecule has 0 aliphatic heterocycles. The molecule has 0 bridgehead atoms. The molecule has 5 nitrogen and oxygen atoms in total. The van der Waals surface area contributed by atoms with Crippen LogP contribution in [0.2, 0.25) is 5.02 Å². The van der Waals surface area contributed by atoms with Crippen molar-refractivity contribution in [1.29, 1.82) is 0 Å². The standard InChI is InChI=1S/C12H14ClIN4O/c1-4-18-9(10(13)7(2)16-18)5-17-6-15-8(3)11(14)12(17)19/h6H,4-5H2,1-3H3. The van der Waals surface area contributed by atoms with E-state index in [1.165, 1.54) is 0 Å². The largest absolute Gasteiger partial charge is 0.292 e. The molecule has 0 unspecified atom stereocenters. The van der Waals surface area contributed by atoms with Crippen molar-refractivity contribution in [3.05, 3.63) is 42.4 Å². The van der Waals surface area contributed by atoms with Crippen LogP contribution in [0, 0.1) is 17.4 Å². The topological polar surface area (TPSA) is 52.7 Å². The lowest BCUT2D eigenvalue weighted by molar-refractivity contribution is 0.586. The van der Waals surface area contributed by atoms with E-state index in [4.69, 9.17) is 11.6 Å². The molecule has 2 aromatic heterocycles. The Morgan fingerprint density at radius 2 is 2.05 bits per heavy atom. The molecule has 2 aromatic rings. The fourth-order valence-electron chi connectivity index (χ4n) is 1.84. The zero-order valence-corrected chi connectivity index (χ0v) is 13.9. The first-order valence-electron chi connectivity index (χ1n) is 5.89. The molecular weight excluding hydrogens is 379 g/mol. The maximum Gasteiger partial charge on any atom is 0.267 e. The lowest BCUT2D eigenvalue weighted by Crippen LogP contribution is -2.25. The molecule has 7 heteroatoms. The van der Waals surface area contributed by atoms with Gasteiger partial charge >= 0.3 is 0 Å². The van der Waals surface area contributed by atoms with Crippen LogP contribution in [-0.4, -0.2) is 19.3 Å². The first-order valence-corrected chi connectivity index (χ1v) is 7.34. The highest BCUT2D eigenvalue weighted by Gasteiger charge is 2.14.